The van der Waals surface area contributed by atoms with E-state index in [1.807, 2.05) is 20.8 Å². The fourth-order valence-corrected chi connectivity index (χ4v) is 1.14. The maximum atomic E-state index is 8.86. The van der Waals surface area contributed by atoms with Crippen molar-refractivity contribution in [3.63, 3.8) is 0 Å². The number of aliphatic hydroxyl groups excluding tert-OH is 1. The van der Waals surface area contributed by atoms with Crippen LogP contribution >= 0.6 is 0 Å². The highest BCUT2D eigenvalue weighted by atomic mass is 16.6. The summed E-state index contributed by atoms with van der Waals surface area (Å²) in [6.45, 7) is 15.3. The van der Waals surface area contributed by atoms with E-state index in [2.05, 4.69) is 32.0 Å². The van der Waals surface area contributed by atoms with Crippen LogP contribution in [0.2, 0.25) is 0 Å². The predicted octanol–water partition coefficient (Wildman–Crippen LogP) is 1.45. The summed E-state index contributed by atoms with van der Waals surface area (Å²) in [5, 5.41) is 18.5. The molecule has 2 atom stereocenters. The van der Waals surface area contributed by atoms with Crippen LogP contribution in [0.25, 0.3) is 0 Å². The normalized spacial score (nSPS) is 13.7. The lowest BCUT2D eigenvalue weighted by molar-refractivity contribution is -0.132. The molecule has 0 radical (unpaired) electrons. The Kier molecular flexibility index (Phi) is 18.9. The van der Waals surface area contributed by atoms with Crippen molar-refractivity contribution in [2.24, 2.45) is 5.90 Å². The third kappa shape index (κ3) is 29.7. The van der Waals surface area contributed by atoms with E-state index in [-0.39, 0.29) is 11.8 Å². The maximum absolute atomic E-state index is 8.86. The van der Waals surface area contributed by atoms with Gasteiger partial charge in [0.05, 0.1) is 0 Å². The van der Waals surface area contributed by atoms with Crippen molar-refractivity contribution < 1.29 is 19.8 Å². The van der Waals surface area contributed by atoms with E-state index in [1.54, 1.807) is 6.92 Å². The summed E-state index contributed by atoms with van der Waals surface area (Å²) in [5.74, 6) is 3.50. The fraction of sp³-hybridized carbons (Fsp3) is 1.00. The molecule has 0 aliphatic rings. The summed E-state index contributed by atoms with van der Waals surface area (Å²) >= 11 is 0. The van der Waals surface area contributed by atoms with Gasteiger partial charge < -0.3 is 19.8 Å². The molecule has 5 N–H and O–H groups in total. The van der Waals surface area contributed by atoms with Gasteiger partial charge in [-0.1, -0.05) is 0 Å². The Balaban J connectivity index is -0.000000270. The predicted molar refractivity (Wildman–Crippen MR) is 73.3 cm³/mol. The van der Waals surface area contributed by atoms with E-state index in [4.69, 9.17) is 19.8 Å². The van der Waals surface area contributed by atoms with Gasteiger partial charge in [-0.05, 0) is 48.5 Å². The highest BCUT2D eigenvalue weighted by molar-refractivity contribution is 4.70. The standard InChI is InChI=1S/C8H19NO2.C4H10O.H3NO/c1-6(11-7(2)10)9-8(3,4)5;1-3-5-4-2;1-2/h6-7,9-10H,1-5H3;3-4H2,1-2H3;2H,1H2. The zero-order valence-electron chi connectivity index (χ0n) is 12.9. The second-order valence-corrected chi connectivity index (χ2v) is 4.55. The number of hydrogen-bond donors (Lipinski definition) is 4. The molecule has 0 saturated heterocycles. The fourth-order valence-electron chi connectivity index (χ4n) is 1.14. The van der Waals surface area contributed by atoms with Crippen molar-refractivity contribution in [1.29, 1.82) is 0 Å². The molecule has 0 amide bonds. The van der Waals surface area contributed by atoms with E-state index in [0.29, 0.717) is 0 Å². The molecule has 0 heterocycles. The Labute approximate surface area is 111 Å². The van der Waals surface area contributed by atoms with Crippen molar-refractivity contribution in [3.05, 3.63) is 0 Å². The quantitative estimate of drug-likeness (QED) is 0.445. The van der Waals surface area contributed by atoms with Gasteiger partial charge in [-0.25, -0.2) is 5.90 Å². The number of nitrogens with one attached hydrogen (secondary N) is 1. The Morgan fingerprint density at radius 2 is 1.50 bits per heavy atom. The van der Waals surface area contributed by atoms with Crippen LogP contribution < -0.4 is 11.2 Å². The van der Waals surface area contributed by atoms with Gasteiger partial charge in [-0.15, -0.1) is 0 Å². The SMILES string of the molecule is CC(O)OC(C)NC(C)(C)C.CCOCC.NO. The van der Waals surface area contributed by atoms with Gasteiger partial charge in [0.25, 0.3) is 0 Å². The molecule has 0 spiro atoms. The van der Waals surface area contributed by atoms with Crippen molar-refractivity contribution in [2.75, 3.05) is 13.2 Å². The van der Waals surface area contributed by atoms with Crippen LogP contribution in [0.1, 0.15) is 48.5 Å². The van der Waals surface area contributed by atoms with Crippen molar-refractivity contribution in [3.8, 4) is 0 Å². The van der Waals surface area contributed by atoms with Crippen molar-refractivity contribution >= 4 is 0 Å². The molecule has 2 unspecified atom stereocenters. The van der Waals surface area contributed by atoms with Gasteiger partial charge in [-0.3, -0.25) is 5.32 Å². The molecule has 114 valence electrons. The lowest BCUT2D eigenvalue weighted by atomic mass is 10.1. The van der Waals surface area contributed by atoms with Crippen LogP contribution in [0.4, 0.5) is 0 Å². The molecule has 0 aromatic carbocycles. The molecule has 0 aliphatic carbocycles. The monoisotopic (exact) mass is 268 g/mol. The van der Waals surface area contributed by atoms with Gasteiger partial charge in [0.2, 0.25) is 0 Å². The van der Waals surface area contributed by atoms with E-state index in [1.165, 1.54) is 0 Å². The summed E-state index contributed by atoms with van der Waals surface area (Å²) in [5.41, 5.74) is 0.0221. The summed E-state index contributed by atoms with van der Waals surface area (Å²) < 4.78 is 9.90. The molecule has 0 bridgehead atoms. The second kappa shape index (κ2) is 14.8. The molecular weight excluding hydrogens is 236 g/mol. The molecule has 6 heteroatoms. The minimum Gasteiger partial charge on any atom is -0.382 e. The first-order valence-electron chi connectivity index (χ1n) is 6.17. The highest BCUT2D eigenvalue weighted by Gasteiger charge is 2.14. The van der Waals surface area contributed by atoms with Crippen LogP contribution in [0.15, 0.2) is 0 Å². The molecule has 0 saturated carbocycles. The summed E-state index contributed by atoms with van der Waals surface area (Å²) in [7, 11) is 0. The largest absolute Gasteiger partial charge is 0.382 e. The van der Waals surface area contributed by atoms with Crippen molar-refractivity contribution in [2.45, 2.75) is 66.5 Å². The number of rotatable bonds is 5. The number of nitrogens with two attached hydrogens (primary N) is 1. The molecule has 0 aromatic rings. The molecule has 0 rings (SSSR count). The minimum atomic E-state index is -0.708. The average Bonchev–Trinajstić information content (AvgIpc) is 2.18. The topological polar surface area (TPSA) is 97.0 Å². The van der Waals surface area contributed by atoms with Crippen LogP contribution in [0.5, 0.6) is 0 Å². The van der Waals surface area contributed by atoms with E-state index >= 15 is 0 Å². The Morgan fingerprint density at radius 1 is 1.11 bits per heavy atom. The number of ether oxygens (including phenoxy) is 2. The molecule has 0 aliphatic heterocycles. The van der Waals surface area contributed by atoms with Gasteiger partial charge in [0, 0.05) is 18.8 Å². The molecule has 0 aromatic heterocycles. The Hall–Kier alpha value is -0.240. The molecule has 18 heavy (non-hydrogen) atoms. The van der Waals surface area contributed by atoms with Gasteiger partial charge in [-0.2, -0.15) is 0 Å². The lowest BCUT2D eigenvalue weighted by Crippen LogP contribution is -2.44. The summed E-state index contributed by atoms with van der Waals surface area (Å²) in [6.07, 6.45) is -0.824. The third-order valence-electron chi connectivity index (χ3n) is 1.45. The number of hydrogen-bond acceptors (Lipinski definition) is 6. The lowest BCUT2D eigenvalue weighted by Gasteiger charge is -2.26. The van der Waals surface area contributed by atoms with Crippen LogP contribution in [-0.4, -0.2) is 41.6 Å². The van der Waals surface area contributed by atoms with Gasteiger partial charge >= 0.3 is 0 Å². The summed E-state index contributed by atoms with van der Waals surface area (Å²) in [6, 6.07) is 0. The van der Waals surface area contributed by atoms with E-state index < -0.39 is 6.29 Å². The second-order valence-electron chi connectivity index (χ2n) is 4.55. The number of aliphatic hydroxyl groups is 1. The third-order valence-corrected chi connectivity index (χ3v) is 1.45. The highest BCUT2D eigenvalue weighted by Crippen LogP contribution is 2.02. The molecule has 6 nitrogen and oxygen atoms in total. The maximum Gasteiger partial charge on any atom is 0.153 e. The Bertz CT molecular complexity index is 148. The van der Waals surface area contributed by atoms with E-state index in [9.17, 15) is 0 Å². The van der Waals surface area contributed by atoms with Crippen LogP contribution in [-0.2, 0) is 9.47 Å². The first kappa shape index (κ1) is 22.9. The average molecular weight is 268 g/mol. The molecule has 0 fully saturated rings. The molecular formula is C12H32N2O4. The van der Waals surface area contributed by atoms with Crippen molar-refractivity contribution in [1.82, 2.24) is 5.32 Å². The van der Waals surface area contributed by atoms with Crippen LogP contribution in [0, 0.1) is 0 Å². The zero-order valence-corrected chi connectivity index (χ0v) is 12.9. The minimum absolute atomic E-state index is 0.0221. The first-order chi connectivity index (χ1) is 8.22. The van der Waals surface area contributed by atoms with E-state index in [0.717, 1.165) is 13.2 Å². The Morgan fingerprint density at radius 3 is 1.67 bits per heavy atom. The zero-order chi connectivity index (χ0) is 15.2. The van der Waals surface area contributed by atoms with Gasteiger partial charge in [0.1, 0.15) is 6.23 Å². The first-order valence-corrected chi connectivity index (χ1v) is 6.17. The smallest absolute Gasteiger partial charge is 0.153 e. The van der Waals surface area contributed by atoms with Gasteiger partial charge in [0.15, 0.2) is 6.29 Å². The summed E-state index contributed by atoms with van der Waals surface area (Å²) in [4.78, 5) is 0. The van der Waals surface area contributed by atoms with Crippen LogP contribution in [0.3, 0.4) is 0 Å².